The van der Waals surface area contributed by atoms with E-state index < -0.39 is 0 Å². The van der Waals surface area contributed by atoms with Gasteiger partial charge >= 0.3 is 0 Å². The standard InChI is InChI=1S/C10H9O2/c1-12-10-6-4-9(5-7-10)3-2-8-11/h2-7H,1H3/b3-2+. The average Bonchev–Trinajstić information content (AvgIpc) is 2.15. The fourth-order valence-electron chi connectivity index (χ4n) is 0.845. The number of carbonyl (C=O) groups excluding carboxylic acids is 1. The van der Waals surface area contributed by atoms with E-state index in [4.69, 9.17) is 4.74 Å². The van der Waals surface area contributed by atoms with Gasteiger partial charge in [0, 0.05) is 0 Å². The third-order valence-electron chi connectivity index (χ3n) is 1.46. The van der Waals surface area contributed by atoms with Crippen molar-refractivity contribution in [3.63, 3.8) is 0 Å². The van der Waals surface area contributed by atoms with Crippen LogP contribution >= 0.6 is 0 Å². The van der Waals surface area contributed by atoms with Crippen molar-refractivity contribution in [2.75, 3.05) is 7.11 Å². The minimum absolute atomic E-state index is 0.808. The van der Waals surface area contributed by atoms with Gasteiger partial charge in [-0.1, -0.05) is 18.2 Å². The molecule has 61 valence electrons. The summed E-state index contributed by atoms with van der Waals surface area (Å²) in [7, 11) is 1.62. The van der Waals surface area contributed by atoms with Crippen LogP contribution in [0, 0.1) is 0 Å². The number of hydrogen-bond donors (Lipinski definition) is 0. The maximum atomic E-state index is 9.86. The fraction of sp³-hybridized carbons (Fsp3) is 0.100. The van der Waals surface area contributed by atoms with E-state index in [1.807, 2.05) is 24.3 Å². The minimum Gasteiger partial charge on any atom is -0.497 e. The van der Waals surface area contributed by atoms with Gasteiger partial charge in [0.25, 0.3) is 0 Å². The van der Waals surface area contributed by atoms with Crippen molar-refractivity contribution in [3.8, 4) is 5.75 Å². The molecule has 1 rings (SSSR count). The van der Waals surface area contributed by atoms with Crippen molar-refractivity contribution in [1.82, 2.24) is 0 Å². The molecule has 0 aliphatic carbocycles. The van der Waals surface area contributed by atoms with Crippen molar-refractivity contribution in [2.24, 2.45) is 0 Å². The molecule has 2 nitrogen and oxygen atoms in total. The van der Waals surface area contributed by atoms with Crippen molar-refractivity contribution >= 4 is 12.4 Å². The summed E-state index contributed by atoms with van der Waals surface area (Å²) in [5.41, 5.74) is 0.958. The minimum atomic E-state index is 0.808. The third kappa shape index (κ3) is 2.23. The SMILES string of the molecule is COc1ccc(/C=C/[C]=O)cc1. The lowest BCUT2D eigenvalue weighted by Gasteiger charge is -1.98. The van der Waals surface area contributed by atoms with E-state index in [2.05, 4.69) is 0 Å². The summed E-state index contributed by atoms with van der Waals surface area (Å²) in [6.07, 6.45) is 4.71. The molecule has 0 atom stereocenters. The molecule has 0 heterocycles. The Labute approximate surface area is 71.5 Å². The molecule has 1 radical (unpaired) electrons. The summed E-state index contributed by atoms with van der Waals surface area (Å²) in [6.45, 7) is 0. The molecule has 0 aliphatic rings. The van der Waals surface area contributed by atoms with Crippen LogP contribution in [0.15, 0.2) is 30.3 Å². The Morgan fingerprint density at radius 2 is 2.00 bits per heavy atom. The summed E-state index contributed by atoms with van der Waals surface area (Å²) in [6, 6.07) is 7.41. The summed E-state index contributed by atoms with van der Waals surface area (Å²) in [5, 5.41) is 0. The molecule has 1 aromatic rings. The highest BCUT2D eigenvalue weighted by Gasteiger charge is 1.88. The molecule has 0 unspecified atom stereocenters. The lowest BCUT2D eigenvalue weighted by molar-refractivity contribution is 0.415. The van der Waals surface area contributed by atoms with Gasteiger partial charge < -0.3 is 4.74 Å². The Hall–Kier alpha value is -1.57. The van der Waals surface area contributed by atoms with E-state index in [1.54, 1.807) is 19.5 Å². The van der Waals surface area contributed by atoms with Gasteiger partial charge in [0.05, 0.1) is 7.11 Å². The first-order valence-corrected chi connectivity index (χ1v) is 3.55. The van der Waals surface area contributed by atoms with Crippen LogP contribution in [-0.4, -0.2) is 13.4 Å². The second kappa shape index (κ2) is 4.34. The van der Waals surface area contributed by atoms with Crippen molar-refractivity contribution in [3.05, 3.63) is 35.9 Å². The number of methoxy groups -OCH3 is 1. The topological polar surface area (TPSA) is 26.3 Å². The predicted octanol–water partition coefficient (Wildman–Crippen LogP) is 1.82. The normalized spacial score (nSPS) is 10.1. The maximum Gasteiger partial charge on any atom is 0.225 e. The quantitative estimate of drug-likeness (QED) is 0.632. The Kier molecular flexibility index (Phi) is 3.08. The van der Waals surface area contributed by atoms with E-state index in [9.17, 15) is 4.79 Å². The Morgan fingerprint density at radius 3 is 2.50 bits per heavy atom. The Balaban J connectivity index is 2.77. The van der Waals surface area contributed by atoms with Gasteiger partial charge in [0.2, 0.25) is 6.29 Å². The summed E-state index contributed by atoms with van der Waals surface area (Å²) in [4.78, 5) is 9.86. The van der Waals surface area contributed by atoms with Gasteiger partial charge in [0.1, 0.15) is 5.75 Å². The molecule has 0 fully saturated rings. The van der Waals surface area contributed by atoms with E-state index in [0.29, 0.717) is 0 Å². The fourth-order valence-corrected chi connectivity index (χ4v) is 0.845. The molecular weight excluding hydrogens is 152 g/mol. The zero-order chi connectivity index (χ0) is 8.81. The molecule has 1 aromatic carbocycles. The highest BCUT2D eigenvalue weighted by molar-refractivity contribution is 5.74. The molecule has 0 aliphatic heterocycles. The molecule has 2 heteroatoms. The van der Waals surface area contributed by atoms with Gasteiger partial charge in [-0.25, -0.2) is 0 Å². The first-order chi connectivity index (χ1) is 5.86. The molecule has 0 amide bonds. The molecule has 0 saturated carbocycles. The van der Waals surface area contributed by atoms with Gasteiger partial charge in [0.15, 0.2) is 0 Å². The summed E-state index contributed by atoms with van der Waals surface area (Å²) < 4.78 is 4.97. The van der Waals surface area contributed by atoms with Crippen molar-refractivity contribution < 1.29 is 9.53 Å². The monoisotopic (exact) mass is 161 g/mol. The first-order valence-electron chi connectivity index (χ1n) is 3.55. The van der Waals surface area contributed by atoms with E-state index in [1.165, 1.54) is 6.08 Å². The summed E-state index contributed by atoms with van der Waals surface area (Å²) >= 11 is 0. The van der Waals surface area contributed by atoms with Crippen LogP contribution in [0.25, 0.3) is 6.08 Å². The van der Waals surface area contributed by atoms with Gasteiger partial charge in [-0.2, -0.15) is 0 Å². The van der Waals surface area contributed by atoms with Gasteiger partial charge in [-0.05, 0) is 23.8 Å². The highest BCUT2D eigenvalue weighted by atomic mass is 16.5. The van der Waals surface area contributed by atoms with Crippen LogP contribution < -0.4 is 4.74 Å². The van der Waals surface area contributed by atoms with Crippen LogP contribution in [-0.2, 0) is 4.79 Å². The number of ether oxygens (including phenoxy) is 1. The van der Waals surface area contributed by atoms with Gasteiger partial charge in [-0.15, -0.1) is 0 Å². The predicted molar refractivity (Wildman–Crippen MR) is 47.7 cm³/mol. The zero-order valence-electron chi connectivity index (χ0n) is 6.78. The lowest BCUT2D eigenvalue weighted by Crippen LogP contribution is -1.81. The highest BCUT2D eigenvalue weighted by Crippen LogP contribution is 2.11. The smallest absolute Gasteiger partial charge is 0.225 e. The number of benzene rings is 1. The molecule has 0 aromatic heterocycles. The Morgan fingerprint density at radius 1 is 1.33 bits per heavy atom. The molecule has 0 bridgehead atoms. The van der Waals surface area contributed by atoms with Crippen LogP contribution in [0.5, 0.6) is 5.75 Å². The van der Waals surface area contributed by atoms with Crippen molar-refractivity contribution in [1.29, 1.82) is 0 Å². The third-order valence-corrected chi connectivity index (χ3v) is 1.46. The number of rotatable bonds is 3. The molecule has 0 spiro atoms. The van der Waals surface area contributed by atoms with E-state index in [-0.39, 0.29) is 0 Å². The number of allylic oxidation sites excluding steroid dienone is 1. The van der Waals surface area contributed by atoms with E-state index >= 15 is 0 Å². The zero-order valence-corrected chi connectivity index (χ0v) is 6.78. The molecule has 0 N–H and O–H groups in total. The Bertz CT molecular complexity index is 272. The van der Waals surface area contributed by atoms with Crippen molar-refractivity contribution in [2.45, 2.75) is 0 Å². The molecule has 12 heavy (non-hydrogen) atoms. The maximum absolute atomic E-state index is 9.86. The second-order valence-corrected chi connectivity index (χ2v) is 2.22. The lowest BCUT2D eigenvalue weighted by atomic mass is 10.2. The van der Waals surface area contributed by atoms with Crippen LogP contribution in [0.3, 0.4) is 0 Å². The second-order valence-electron chi connectivity index (χ2n) is 2.22. The van der Waals surface area contributed by atoms with E-state index in [0.717, 1.165) is 11.3 Å². The van der Waals surface area contributed by atoms with Gasteiger partial charge in [-0.3, -0.25) is 4.79 Å². The number of hydrogen-bond acceptors (Lipinski definition) is 2. The van der Waals surface area contributed by atoms with Crippen LogP contribution in [0.2, 0.25) is 0 Å². The molecular formula is C10H9O2. The van der Waals surface area contributed by atoms with Crippen LogP contribution in [0.4, 0.5) is 0 Å². The average molecular weight is 161 g/mol. The molecule has 0 saturated heterocycles. The van der Waals surface area contributed by atoms with Crippen LogP contribution in [0.1, 0.15) is 5.56 Å². The first kappa shape index (κ1) is 8.53. The summed E-state index contributed by atoms with van der Waals surface area (Å²) in [5.74, 6) is 0.808. The largest absolute Gasteiger partial charge is 0.497 e.